The van der Waals surface area contributed by atoms with Crippen molar-refractivity contribution < 1.29 is 15.0 Å². The van der Waals surface area contributed by atoms with E-state index in [1.165, 1.54) is 5.57 Å². The molecule has 0 unspecified atom stereocenters. The lowest BCUT2D eigenvalue weighted by Gasteiger charge is -2.54. The molecule has 2 N–H and O–H groups in total. The molecular weight excluding hydrogens is 228 g/mol. The fourth-order valence-corrected chi connectivity index (χ4v) is 3.63. The number of allylic oxidation sites excluding steroid dienone is 2. The Hall–Kier alpha value is -1.09. The van der Waals surface area contributed by atoms with Crippen molar-refractivity contribution in [3.05, 3.63) is 23.8 Å². The maximum absolute atomic E-state index is 11.1. The van der Waals surface area contributed by atoms with E-state index < -0.39 is 12.1 Å². The van der Waals surface area contributed by atoms with E-state index in [2.05, 4.69) is 20.4 Å². The summed E-state index contributed by atoms with van der Waals surface area (Å²) in [5.41, 5.74) is 1.60. The first-order chi connectivity index (χ1) is 8.33. The Morgan fingerprint density at radius 3 is 2.72 bits per heavy atom. The molecule has 1 fully saturated rings. The third-order valence-corrected chi connectivity index (χ3v) is 4.58. The summed E-state index contributed by atoms with van der Waals surface area (Å²) in [5.74, 6) is -0.405. The molecular formula is C15H22O3. The second kappa shape index (κ2) is 4.54. The summed E-state index contributed by atoms with van der Waals surface area (Å²) < 4.78 is 0. The first-order valence-electron chi connectivity index (χ1n) is 6.61. The van der Waals surface area contributed by atoms with Crippen molar-refractivity contribution in [1.82, 2.24) is 0 Å². The molecule has 0 aromatic heterocycles. The summed E-state index contributed by atoms with van der Waals surface area (Å²) in [6, 6.07) is 0. The Morgan fingerprint density at radius 2 is 2.17 bits per heavy atom. The molecule has 0 saturated heterocycles. The van der Waals surface area contributed by atoms with E-state index in [9.17, 15) is 9.90 Å². The predicted molar refractivity (Wildman–Crippen MR) is 70.1 cm³/mol. The Labute approximate surface area is 108 Å². The molecule has 2 aliphatic carbocycles. The lowest BCUT2D eigenvalue weighted by atomic mass is 9.51. The summed E-state index contributed by atoms with van der Waals surface area (Å²) in [6.45, 7) is 8.41. The molecule has 3 nitrogen and oxygen atoms in total. The van der Waals surface area contributed by atoms with Crippen LogP contribution in [-0.2, 0) is 4.79 Å². The SMILES string of the molecule is C=C1CC/C=C(\C(=O)O)C[C@H](O)[C@H]2[C@H]1CC2(C)C. The number of rotatable bonds is 1. The molecule has 1 saturated carbocycles. The fraction of sp³-hybridized carbons (Fsp3) is 0.667. The second-order valence-electron chi connectivity index (χ2n) is 6.33. The quantitative estimate of drug-likeness (QED) is 0.703. The molecule has 18 heavy (non-hydrogen) atoms. The molecule has 2 aliphatic rings. The Bertz CT molecular complexity index is 406. The number of carboxylic acid groups (broad SMARTS) is 1. The molecule has 0 aromatic rings. The van der Waals surface area contributed by atoms with Crippen LogP contribution >= 0.6 is 0 Å². The van der Waals surface area contributed by atoms with E-state index in [0.29, 0.717) is 11.5 Å². The molecule has 0 radical (unpaired) electrons. The van der Waals surface area contributed by atoms with Crippen LogP contribution in [-0.4, -0.2) is 22.3 Å². The summed E-state index contributed by atoms with van der Waals surface area (Å²) in [6.07, 6.45) is 4.03. The van der Waals surface area contributed by atoms with Gasteiger partial charge in [-0.15, -0.1) is 0 Å². The lowest BCUT2D eigenvalue weighted by Crippen LogP contribution is -2.51. The van der Waals surface area contributed by atoms with Gasteiger partial charge >= 0.3 is 5.97 Å². The van der Waals surface area contributed by atoms with E-state index in [1.54, 1.807) is 6.08 Å². The number of carboxylic acids is 1. The average molecular weight is 250 g/mol. The van der Waals surface area contributed by atoms with Gasteiger partial charge in [0.2, 0.25) is 0 Å². The summed E-state index contributed by atoms with van der Waals surface area (Å²) in [5, 5.41) is 19.5. The minimum absolute atomic E-state index is 0.0843. The summed E-state index contributed by atoms with van der Waals surface area (Å²) in [4.78, 5) is 11.1. The van der Waals surface area contributed by atoms with Crippen LogP contribution in [0.3, 0.4) is 0 Å². The smallest absolute Gasteiger partial charge is 0.331 e. The largest absolute Gasteiger partial charge is 0.478 e. The molecule has 100 valence electrons. The molecule has 0 amide bonds. The van der Waals surface area contributed by atoms with Crippen LogP contribution in [0.1, 0.15) is 39.5 Å². The standard InChI is InChI=1S/C15H22O3/c1-9-5-4-6-10(14(17)18)7-12(16)13-11(9)8-15(13,2)3/h6,11-13,16H,1,4-5,7-8H2,2-3H3,(H,17,18)/b10-6-/t11-,12-,13+/m0/s1. The highest BCUT2D eigenvalue weighted by Gasteiger charge is 2.51. The van der Waals surface area contributed by atoms with E-state index in [4.69, 9.17) is 5.11 Å². The van der Waals surface area contributed by atoms with Gasteiger partial charge in [0.1, 0.15) is 0 Å². The normalized spacial score (nSPS) is 38.3. The van der Waals surface area contributed by atoms with E-state index in [0.717, 1.165) is 19.3 Å². The van der Waals surface area contributed by atoms with E-state index in [1.807, 2.05) is 0 Å². The number of fused-ring (bicyclic) bond motifs is 1. The third kappa shape index (κ3) is 2.24. The Kier molecular flexibility index (Phi) is 3.37. The van der Waals surface area contributed by atoms with Gasteiger partial charge < -0.3 is 10.2 Å². The number of hydrogen-bond acceptors (Lipinski definition) is 2. The van der Waals surface area contributed by atoms with Gasteiger partial charge in [-0.3, -0.25) is 0 Å². The van der Waals surface area contributed by atoms with Crippen molar-refractivity contribution >= 4 is 5.97 Å². The number of aliphatic hydroxyl groups excluding tert-OH is 1. The molecule has 3 atom stereocenters. The van der Waals surface area contributed by atoms with Crippen LogP contribution < -0.4 is 0 Å². The Balaban J connectivity index is 2.25. The maximum atomic E-state index is 11.1. The van der Waals surface area contributed by atoms with Crippen molar-refractivity contribution in [3.63, 3.8) is 0 Å². The van der Waals surface area contributed by atoms with Crippen molar-refractivity contribution in [3.8, 4) is 0 Å². The second-order valence-corrected chi connectivity index (χ2v) is 6.33. The minimum Gasteiger partial charge on any atom is -0.478 e. The van der Waals surface area contributed by atoms with Gasteiger partial charge in [0.05, 0.1) is 6.10 Å². The zero-order valence-electron chi connectivity index (χ0n) is 11.1. The van der Waals surface area contributed by atoms with Crippen LogP contribution in [0.2, 0.25) is 0 Å². The zero-order valence-corrected chi connectivity index (χ0v) is 11.1. The molecule has 0 aliphatic heterocycles. The lowest BCUT2D eigenvalue weighted by molar-refractivity contribution is -0.134. The van der Waals surface area contributed by atoms with Gasteiger partial charge in [0.15, 0.2) is 0 Å². The number of carbonyl (C=O) groups is 1. The van der Waals surface area contributed by atoms with Gasteiger partial charge in [-0.2, -0.15) is 0 Å². The molecule has 0 spiro atoms. The maximum Gasteiger partial charge on any atom is 0.331 e. The highest BCUT2D eigenvalue weighted by molar-refractivity contribution is 5.86. The van der Waals surface area contributed by atoms with Gasteiger partial charge in [-0.25, -0.2) is 4.79 Å². The molecule has 0 bridgehead atoms. The van der Waals surface area contributed by atoms with Crippen molar-refractivity contribution in [1.29, 1.82) is 0 Å². The van der Waals surface area contributed by atoms with Crippen LogP contribution in [0.25, 0.3) is 0 Å². The van der Waals surface area contributed by atoms with Crippen molar-refractivity contribution in [2.24, 2.45) is 17.3 Å². The first-order valence-corrected chi connectivity index (χ1v) is 6.61. The van der Waals surface area contributed by atoms with Crippen LogP contribution in [0.4, 0.5) is 0 Å². The molecule has 3 heteroatoms. The van der Waals surface area contributed by atoms with Crippen LogP contribution in [0.5, 0.6) is 0 Å². The highest BCUT2D eigenvalue weighted by atomic mass is 16.4. The highest BCUT2D eigenvalue weighted by Crippen LogP contribution is 2.56. The molecule has 0 heterocycles. The van der Waals surface area contributed by atoms with E-state index in [-0.39, 0.29) is 17.8 Å². The van der Waals surface area contributed by atoms with Crippen molar-refractivity contribution in [2.45, 2.75) is 45.6 Å². The predicted octanol–water partition coefficient (Wildman–Crippen LogP) is 2.76. The van der Waals surface area contributed by atoms with Crippen LogP contribution in [0, 0.1) is 17.3 Å². The molecule has 0 aromatic carbocycles. The first kappa shape index (κ1) is 13.3. The summed E-state index contributed by atoms with van der Waals surface area (Å²) >= 11 is 0. The number of hydrogen-bond donors (Lipinski definition) is 2. The van der Waals surface area contributed by atoms with Gasteiger partial charge in [-0.1, -0.05) is 32.1 Å². The monoisotopic (exact) mass is 250 g/mol. The third-order valence-electron chi connectivity index (χ3n) is 4.58. The average Bonchev–Trinajstić information content (AvgIpc) is 2.27. The number of aliphatic hydroxyl groups is 1. The van der Waals surface area contributed by atoms with Crippen molar-refractivity contribution in [2.75, 3.05) is 0 Å². The van der Waals surface area contributed by atoms with Gasteiger partial charge in [0, 0.05) is 12.0 Å². The van der Waals surface area contributed by atoms with E-state index >= 15 is 0 Å². The number of aliphatic carboxylic acids is 1. The summed E-state index contributed by atoms with van der Waals surface area (Å²) in [7, 11) is 0. The molecule has 2 rings (SSSR count). The Morgan fingerprint density at radius 1 is 1.50 bits per heavy atom. The van der Waals surface area contributed by atoms with Gasteiger partial charge in [-0.05, 0) is 36.5 Å². The zero-order chi connectivity index (χ0) is 13.5. The topological polar surface area (TPSA) is 57.5 Å². The minimum atomic E-state index is -0.907. The fourth-order valence-electron chi connectivity index (χ4n) is 3.63. The van der Waals surface area contributed by atoms with Crippen LogP contribution in [0.15, 0.2) is 23.8 Å². The van der Waals surface area contributed by atoms with Gasteiger partial charge in [0.25, 0.3) is 0 Å².